The molecule has 0 aromatic rings. The minimum atomic E-state index is -0.310. The zero-order chi connectivity index (χ0) is 10.1. The predicted molar refractivity (Wildman–Crippen MR) is 64.8 cm³/mol. The van der Waals surface area contributed by atoms with Crippen molar-refractivity contribution in [2.45, 2.75) is 69.2 Å². The van der Waals surface area contributed by atoms with Crippen LogP contribution in [0.25, 0.3) is 0 Å². The van der Waals surface area contributed by atoms with Gasteiger partial charge in [0.2, 0.25) is 0 Å². The lowest BCUT2D eigenvalue weighted by Crippen LogP contribution is -2.14. The fourth-order valence-electron chi connectivity index (χ4n) is 2.07. The predicted octanol–water partition coefficient (Wildman–Crippen LogP) is 4.74. The Labute approximate surface area is 89.5 Å². The standard InChI is InChI=1S/C8H17.2C2H5.Al/c1-4-6-7-8(3)5-2;2*1-2;/h8H,3-7H2,1-2H3;2*1H2,2H3;/t8-;;;/m1.../s1. The number of unbranched alkanes of at least 4 members (excludes halogenated alkanes) is 1. The van der Waals surface area contributed by atoms with Crippen LogP contribution in [0.2, 0.25) is 15.8 Å². The third kappa shape index (κ3) is 6.58. The fraction of sp³-hybridized carbons (Fsp3) is 1.00. The van der Waals surface area contributed by atoms with Gasteiger partial charge in [0.1, 0.15) is 0 Å². The van der Waals surface area contributed by atoms with E-state index in [1.807, 2.05) is 0 Å². The van der Waals surface area contributed by atoms with Crippen molar-refractivity contribution in [3.63, 3.8) is 0 Å². The molecular weight excluding hydrogens is 171 g/mol. The number of hydrogen-bond donors (Lipinski definition) is 0. The highest BCUT2D eigenvalue weighted by atomic mass is 27.2. The van der Waals surface area contributed by atoms with Crippen LogP contribution in [0.4, 0.5) is 0 Å². The molecule has 0 rings (SSSR count). The minimum absolute atomic E-state index is 0.310. The van der Waals surface area contributed by atoms with Crippen molar-refractivity contribution in [3.05, 3.63) is 0 Å². The van der Waals surface area contributed by atoms with Crippen molar-refractivity contribution in [3.8, 4) is 0 Å². The van der Waals surface area contributed by atoms with Gasteiger partial charge in [-0.3, -0.25) is 0 Å². The molecular formula is C12H27Al. The Bertz CT molecular complexity index is 97.3. The summed E-state index contributed by atoms with van der Waals surface area (Å²) in [7, 11) is 0. The molecule has 1 heteroatoms. The maximum Gasteiger partial charge on any atom is 0.261 e. The number of hydrogen-bond acceptors (Lipinski definition) is 0. The molecule has 0 aliphatic rings. The van der Waals surface area contributed by atoms with E-state index in [4.69, 9.17) is 0 Å². The summed E-state index contributed by atoms with van der Waals surface area (Å²) >= 11 is -0.310. The van der Waals surface area contributed by atoms with E-state index in [1.165, 1.54) is 36.2 Å². The summed E-state index contributed by atoms with van der Waals surface area (Å²) in [6.07, 6.45) is 5.74. The molecule has 0 unspecified atom stereocenters. The smallest absolute Gasteiger partial charge is 0.0967 e. The van der Waals surface area contributed by atoms with E-state index in [0.29, 0.717) is 0 Å². The van der Waals surface area contributed by atoms with Crippen molar-refractivity contribution < 1.29 is 0 Å². The molecule has 0 fully saturated rings. The summed E-state index contributed by atoms with van der Waals surface area (Å²) < 4.78 is 0. The molecule has 0 bridgehead atoms. The van der Waals surface area contributed by atoms with E-state index in [9.17, 15) is 0 Å². The van der Waals surface area contributed by atoms with Gasteiger partial charge in [0, 0.05) is 0 Å². The van der Waals surface area contributed by atoms with Crippen molar-refractivity contribution in [2.24, 2.45) is 5.92 Å². The Kier molecular flexibility index (Phi) is 9.47. The Hall–Kier alpha value is 0.532. The van der Waals surface area contributed by atoms with Gasteiger partial charge in [-0.2, -0.15) is 0 Å². The zero-order valence-corrected chi connectivity index (χ0v) is 11.3. The quantitative estimate of drug-likeness (QED) is 0.494. The molecule has 0 saturated heterocycles. The average molecular weight is 198 g/mol. The molecule has 0 amide bonds. The summed E-state index contributed by atoms with van der Waals surface area (Å²) in [4.78, 5) is 0. The molecule has 0 radical (unpaired) electrons. The topological polar surface area (TPSA) is 0 Å². The normalized spacial score (nSPS) is 12.9. The maximum absolute atomic E-state index is 2.40. The van der Waals surface area contributed by atoms with Crippen LogP contribution in [-0.2, 0) is 0 Å². The largest absolute Gasteiger partial charge is 0.261 e. The van der Waals surface area contributed by atoms with Crippen LogP contribution < -0.4 is 0 Å². The summed E-state index contributed by atoms with van der Waals surface area (Å²) in [5.74, 6) is 1.07. The highest BCUT2D eigenvalue weighted by Gasteiger charge is 2.16. The second-order valence-electron chi connectivity index (χ2n) is 4.33. The van der Waals surface area contributed by atoms with Crippen LogP contribution in [0.5, 0.6) is 0 Å². The number of rotatable bonds is 8. The van der Waals surface area contributed by atoms with Gasteiger partial charge in [-0.1, -0.05) is 75.1 Å². The van der Waals surface area contributed by atoms with Gasteiger partial charge in [-0.05, 0) is 0 Å². The Balaban J connectivity index is 3.67. The van der Waals surface area contributed by atoms with Crippen LogP contribution in [0, 0.1) is 5.92 Å². The molecule has 0 aliphatic heterocycles. The van der Waals surface area contributed by atoms with Gasteiger partial charge < -0.3 is 0 Å². The molecule has 0 aromatic heterocycles. The van der Waals surface area contributed by atoms with E-state index in [2.05, 4.69) is 27.7 Å². The van der Waals surface area contributed by atoms with E-state index >= 15 is 0 Å². The molecule has 0 saturated carbocycles. The molecule has 1 atom stereocenters. The molecule has 0 spiro atoms. The fourth-order valence-corrected chi connectivity index (χ4v) is 4.83. The van der Waals surface area contributed by atoms with Crippen LogP contribution in [0.15, 0.2) is 0 Å². The molecule has 0 aromatic carbocycles. The molecule has 0 nitrogen and oxygen atoms in total. The molecule has 13 heavy (non-hydrogen) atoms. The van der Waals surface area contributed by atoms with Gasteiger partial charge in [-0.15, -0.1) is 0 Å². The first-order valence-corrected chi connectivity index (χ1v) is 8.73. The van der Waals surface area contributed by atoms with Gasteiger partial charge in [0.05, 0.1) is 0 Å². The van der Waals surface area contributed by atoms with E-state index in [-0.39, 0.29) is 14.1 Å². The third-order valence-electron chi connectivity index (χ3n) is 3.36. The molecule has 0 heterocycles. The highest BCUT2D eigenvalue weighted by molar-refractivity contribution is 6.58. The van der Waals surface area contributed by atoms with Gasteiger partial charge in [-0.25, -0.2) is 0 Å². The average Bonchev–Trinajstić information content (AvgIpc) is 2.19. The lowest BCUT2D eigenvalue weighted by atomic mass is 10.0. The summed E-state index contributed by atoms with van der Waals surface area (Å²) in [5, 5.41) is 4.64. The van der Waals surface area contributed by atoms with Gasteiger partial charge in [0.25, 0.3) is 14.1 Å². The van der Waals surface area contributed by atoms with Crippen LogP contribution in [0.3, 0.4) is 0 Å². The zero-order valence-electron chi connectivity index (χ0n) is 10.1. The lowest BCUT2D eigenvalue weighted by Gasteiger charge is -2.17. The SMILES string of the molecule is CCCC[C@@H](CC)[CH2][Al]([CH2]C)[CH2]C. The molecule has 78 valence electrons. The Morgan fingerprint density at radius 2 is 1.62 bits per heavy atom. The van der Waals surface area contributed by atoms with Crippen LogP contribution >= 0.6 is 0 Å². The van der Waals surface area contributed by atoms with Crippen LogP contribution in [-0.4, -0.2) is 14.1 Å². The minimum Gasteiger partial charge on any atom is -0.0967 e. The molecule has 0 aliphatic carbocycles. The Morgan fingerprint density at radius 3 is 2.00 bits per heavy atom. The highest BCUT2D eigenvalue weighted by Crippen LogP contribution is 2.21. The maximum atomic E-state index is 2.40. The van der Waals surface area contributed by atoms with E-state index in [0.717, 1.165) is 5.92 Å². The lowest BCUT2D eigenvalue weighted by molar-refractivity contribution is 0.487. The Morgan fingerprint density at radius 1 is 1.00 bits per heavy atom. The van der Waals surface area contributed by atoms with Crippen LogP contribution in [0.1, 0.15) is 53.4 Å². The van der Waals surface area contributed by atoms with Crippen molar-refractivity contribution in [1.82, 2.24) is 0 Å². The summed E-state index contributed by atoms with van der Waals surface area (Å²) in [5.41, 5.74) is 0. The monoisotopic (exact) mass is 198 g/mol. The third-order valence-corrected chi connectivity index (χ3v) is 7.01. The first-order chi connectivity index (χ1) is 6.28. The van der Waals surface area contributed by atoms with E-state index in [1.54, 1.807) is 5.28 Å². The van der Waals surface area contributed by atoms with Gasteiger partial charge in [0.15, 0.2) is 0 Å². The summed E-state index contributed by atoms with van der Waals surface area (Å²) in [6, 6.07) is 0. The molecule has 0 N–H and O–H groups in total. The van der Waals surface area contributed by atoms with Crippen molar-refractivity contribution in [1.29, 1.82) is 0 Å². The second kappa shape index (κ2) is 9.10. The van der Waals surface area contributed by atoms with Crippen molar-refractivity contribution >= 4 is 14.1 Å². The summed E-state index contributed by atoms with van der Waals surface area (Å²) in [6.45, 7) is 9.47. The second-order valence-corrected chi connectivity index (χ2v) is 8.17. The van der Waals surface area contributed by atoms with Crippen molar-refractivity contribution in [2.75, 3.05) is 0 Å². The van der Waals surface area contributed by atoms with E-state index < -0.39 is 0 Å². The first kappa shape index (κ1) is 13.5. The first-order valence-electron chi connectivity index (χ1n) is 6.28. The van der Waals surface area contributed by atoms with Gasteiger partial charge >= 0.3 is 0 Å².